The van der Waals surface area contributed by atoms with Gasteiger partial charge in [-0.1, -0.05) is 0 Å². The molecule has 0 heterocycles. The molecule has 13 heavy (non-hydrogen) atoms. The lowest BCUT2D eigenvalue weighted by Gasteiger charge is -2.10. The topological polar surface area (TPSA) is 72.2 Å². The molecular formula is C8H18N2O2S. The molecule has 2 unspecified atom stereocenters. The molecule has 78 valence electrons. The number of hydrogen-bond acceptors (Lipinski definition) is 4. The van der Waals surface area contributed by atoms with Crippen molar-refractivity contribution in [3.8, 4) is 0 Å². The summed E-state index contributed by atoms with van der Waals surface area (Å²) in [5, 5.41) is 3.21. The predicted molar refractivity (Wildman–Crippen MR) is 53.3 cm³/mol. The maximum atomic E-state index is 10.8. The maximum Gasteiger partial charge on any atom is 0.148 e. The molecule has 4 nitrogen and oxygen atoms in total. The van der Waals surface area contributed by atoms with Gasteiger partial charge in [-0.2, -0.15) is 0 Å². The first kappa shape index (κ1) is 10.9. The predicted octanol–water partition coefficient (Wildman–Crippen LogP) is -0.500. The van der Waals surface area contributed by atoms with Gasteiger partial charge in [0.2, 0.25) is 0 Å². The third kappa shape index (κ3) is 4.59. The van der Waals surface area contributed by atoms with Gasteiger partial charge in [-0.25, -0.2) is 8.42 Å². The highest BCUT2D eigenvalue weighted by Gasteiger charge is 2.20. The zero-order valence-electron chi connectivity index (χ0n) is 7.99. The van der Waals surface area contributed by atoms with Crippen molar-refractivity contribution < 1.29 is 8.42 Å². The number of nitrogens with one attached hydrogen (secondary N) is 1. The molecule has 0 aliphatic heterocycles. The fraction of sp³-hybridized carbons (Fsp3) is 1.00. The Balaban J connectivity index is 2.14. The van der Waals surface area contributed by atoms with Crippen LogP contribution in [0.1, 0.15) is 19.3 Å². The summed E-state index contributed by atoms with van der Waals surface area (Å²) in [6, 6.07) is 0.729. The van der Waals surface area contributed by atoms with Gasteiger partial charge in [-0.15, -0.1) is 0 Å². The van der Waals surface area contributed by atoms with Crippen LogP contribution in [0.2, 0.25) is 0 Å². The van der Waals surface area contributed by atoms with Crippen molar-refractivity contribution >= 4 is 9.84 Å². The first-order valence-corrected chi connectivity index (χ1v) is 6.70. The van der Waals surface area contributed by atoms with Crippen LogP contribution >= 0.6 is 0 Å². The fourth-order valence-electron chi connectivity index (χ4n) is 1.65. The van der Waals surface area contributed by atoms with Gasteiger partial charge in [0.05, 0.1) is 5.75 Å². The van der Waals surface area contributed by atoms with Crippen LogP contribution in [0.5, 0.6) is 0 Å². The smallest absolute Gasteiger partial charge is 0.148 e. The average molecular weight is 206 g/mol. The second-order valence-electron chi connectivity index (χ2n) is 3.85. The molecule has 0 aromatic rings. The van der Waals surface area contributed by atoms with E-state index in [1.54, 1.807) is 0 Å². The molecule has 1 saturated carbocycles. The van der Waals surface area contributed by atoms with Crippen molar-refractivity contribution in [3.05, 3.63) is 0 Å². The lowest BCUT2D eigenvalue weighted by atomic mass is 10.2. The third-order valence-electron chi connectivity index (χ3n) is 2.38. The van der Waals surface area contributed by atoms with Crippen molar-refractivity contribution in [1.29, 1.82) is 0 Å². The summed E-state index contributed by atoms with van der Waals surface area (Å²) in [5.41, 5.74) is 5.72. The summed E-state index contributed by atoms with van der Waals surface area (Å²) in [6.07, 6.45) is 4.36. The van der Waals surface area contributed by atoms with Gasteiger partial charge >= 0.3 is 0 Å². The van der Waals surface area contributed by atoms with Crippen molar-refractivity contribution in [1.82, 2.24) is 5.32 Å². The summed E-state index contributed by atoms with van der Waals surface area (Å²) in [5.74, 6) is 0.221. The molecule has 5 heteroatoms. The van der Waals surface area contributed by atoms with Gasteiger partial charge in [0, 0.05) is 24.9 Å². The van der Waals surface area contributed by atoms with Crippen LogP contribution in [0.4, 0.5) is 0 Å². The van der Waals surface area contributed by atoms with Gasteiger partial charge < -0.3 is 11.1 Å². The van der Waals surface area contributed by atoms with Crippen LogP contribution < -0.4 is 11.1 Å². The van der Waals surface area contributed by atoms with Gasteiger partial charge in [-0.3, -0.25) is 0 Å². The lowest BCUT2D eigenvalue weighted by Crippen LogP contribution is -2.32. The molecule has 2 atom stereocenters. The van der Waals surface area contributed by atoms with Crippen molar-refractivity contribution in [3.63, 3.8) is 0 Å². The van der Waals surface area contributed by atoms with E-state index < -0.39 is 9.84 Å². The second kappa shape index (κ2) is 4.39. The highest BCUT2D eigenvalue weighted by molar-refractivity contribution is 7.90. The quantitative estimate of drug-likeness (QED) is 0.650. The average Bonchev–Trinajstić information content (AvgIpc) is 2.33. The highest BCUT2D eigenvalue weighted by atomic mass is 32.2. The molecule has 3 N–H and O–H groups in total. The standard InChI is InChI=1S/C8H18N2O2S/c1-13(11,12)5-4-10-8-3-2-7(9)6-8/h7-8,10H,2-6,9H2,1H3. The normalized spacial score (nSPS) is 29.4. The number of nitrogens with two attached hydrogens (primary N) is 1. The molecule has 0 radical (unpaired) electrons. The van der Waals surface area contributed by atoms with E-state index in [4.69, 9.17) is 5.73 Å². The van der Waals surface area contributed by atoms with E-state index in [0.717, 1.165) is 19.3 Å². The Bertz CT molecular complexity index is 251. The van der Waals surface area contributed by atoms with E-state index in [1.165, 1.54) is 6.26 Å². The molecule has 0 aromatic carbocycles. The van der Waals surface area contributed by atoms with Crippen molar-refractivity contribution in [2.45, 2.75) is 31.3 Å². The van der Waals surface area contributed by atoms with E-state index in [-0.39, 0.29) is 5.75 Å². The summed E-state index contributed by atoms with van der Waals surface area (Å²) in [7, 11) is -2.82. The minimum absolute atomic E-state index is 0.221. The Morgan fingerprint density at radius 1 is 1.46 bits per heavy atom. The summed E-state index contributed by atoms with van der Waals surface area (Å²) in [4.78, 5) is 0. The van der Waals surface area contributed by atoms with Crippen LogP contribution in [0.25, 0.3) is 0 Å². The van der Waals surface area contributed by atoms with E-state index in [2.05, 4.69) is 5.32 Å². The molecule has 1 aliphatic carbocycles. The fourth-order valence-corrected chi connectivity index (χ4v) is 2.14. The van der Waals surface area contributed by atoms with Gasteiger partial charge in [-0.05, 0) is 19.3 Å². The summed E-state index contributed by atoms with van der Waals surface area (Å²) < 4.78 is 21.6. The Labute approximate surface area is 79.8 Å². The number of rotatable bonds is 4. The molecule has 0 saturated heterocycles. The molecule has 0 spiro atoms. The Hall–Kier alpha value is -0.130. The minimum Gasteiger partial charge on any atom is -0.328 e. The summed E-state index contributed by atoms with van der Waals surface area (Å²) >= 11 is 0. The molecule has 1 aliphatic rings. The van der Waals surface area contributed by atoms with Crippen LogP contribution in [0, 0.1) is 0 Å². The summed E-state index contributed by atoms with van der Waals surface area (Å²) in [6.45, 7) is 0.552. The number of sulfone groups is 1. The highest BCUT2D eigenvalue weighted by Crippen LogP contribution is 2.16. The SMILES string of the molecule is CS(=O)(=O)CCNC1CCC(N)C1. The minimum atomic E-state index is -2.82. The number of hydrogen-bond donors (Lipinski definition) is 2. The molecule has 1 fully saturated rings. The van der Waals surface area contributed by atoms with Crippen molar-refractivity contribution in [2.75, 3.05) is 18.6 Å². The van der Waals surface area contributed by atoms with Crippen molar-refractivity contribution in [2.24, 2.45) is 5.73 Å². The first-order chi connectivity index (χ1) is 5.97. The zero-order chi connectivity index (χ0) is 9.90. The molecule has 0 amide bonds. The van der Waals surface area contributed by atoms with E-state index in [1.807, 2.05) is 0 Å². The van der Waals surface area contributed by atoms with E-state index in [9.17, 15) is 8.42 Å². The molecule has 1 rings (SSSR count). The largest absolute Gasteiger partial charge is 0.328 e. The van der Waals surface area contributed by atoms with Crippen LogP contribution in [-0.2, 0) is 9.84 Å². The van der Waals surface area contributed by atoms with Gasteiger partial charge in [0.1, 0.15) is 9.84 Å². The molecular weight excluding hydrogens is 188 g/mol. The van der Waals surface area contributed by atoms with Crippen LogP contribution in [-0.4, -0.2) is 39.1 Å². The third-order valence-corrected chi connectivity index (χ3v) is 3.32. The Morgan fingerprint density at radius 3 is 2.62 bits per heavy atom. The maximum absolute atomic E-state index is 10.8. The zero-order valence-corrected chi connectivity index (χ0v) is 8.81. The Kier molecular flexibility index (Phi) is 3.70. The first-order valence-electron chi connectivity index (χ1n) is 4.64. The van der Waals surface area contributed by atoms with E-state index >= 15 is 0 Å². The lowest BCUT2D eigenvalue weighted by molar-refractivity contribution is 0.530. The molecule has 0 aromatic heterocycles. The second-order valence-corrected chi connectivity index (χ2v) is 6.11. The van der Waals surface area contributed by atoms with E-state index in [0.29, 0.717) is 18.6 Å². The van der Waals surface area contributed by atoms with Gasteiger partial charge in [0.15, 0.2) is 0 Å². The van der Waals surface area contributed by atoms with Crippen LogP contribution in [0.15, 0.2) is 0 Å². The molecule has 0 bridgehead atoms. The monoisotopic (exact) mass is 206 g/mol. The van der Waals surface area contributed by atoms with Gasteiger partial charge in [0.25, 0.3) is 0 Å². The van der Waals surface area contributed by atoms with Crippen LogP contribution in [0.3, 0.4) is 0 Å². The Morgan fingerprint density at radius 2 is 2.15 bits per heavy atom.